The molecule has 1 unspecified atom stereocenters. The van der Waals surface area contributed by atoms with Gasteiger partial charge in [0.15, 0.2) is 0 Å². The molecule has 0 N–H and O–H groups in total. The molecule has 15 heavy (non-hydrogen) atoms. The van der Waals surface area contributed by atoms with Crippen molar-refractivity contribution in [1.29, 1.82) is 0 Å². The standard InChI is InChI=1S/C9H13NO3PS/c1-3-11-14(15)12-6-8-4-7(2)5-10-9(8)13-14/h4-5,15H,3,6H2,1-2H3. The number of rotatable bonds is 2. The highest BCUT2D eigenvalue weighted by Crippen LogP contribution is 2.68. The molecule has 0 saturated heterocycles. The van der Waals surface area contributed by atoms with Gasteiger partial charge in [-0.2, -0.15) is 0 Å². The van der Waals surface area contributed by atoms with E-state index in [0.29, 0.717) is 19.1 Å². The van der Waals surface area contributed by atoms with Crippen LogP contribution in [0.1, 0.15) is 18.1 Å². The van der Waals surface area contributed by atoms with E-state index >= 15 is 0 Å². The van der Waals surface area contributed by atoms with E-state index in [0.717, 1.165) is 11.1 Å². The number of hydrogen-bond donors (Lipinski definition) is 1. The zero-order valence-corrected chi connectivity index (χ0v) is 10.4. The molecule has 2 rings (SSSR count). The first-order chi connectivity index (χ1) is 7.13. The Labute approximate surface area is 94.7 Å². The largest absolute Gasteiger partial charge is 0.409 e. The Hall–Kier alpha value is -0.350. The van der Waals surface area contributed by atoms with E-state index in [-0.39, 0.29) is 0 Å². The second-order valence-electron chi connectivity index (χ2n) is 3.23. The number of aryl methyl sites for hydroxylation is 1. The van der Waals surface area contributed by atoms with Crippen molar-refractivity contribution in [1.82, 2.24) is 4.98 Å². The summed E-state index contributed by atoms with van der Waals surface area (Å²) in [6.07, 6.45) is 1.76. The van der Waals surface area contributed by atoms with E-state index in [1.807, 2.05) is 19.9 Å². The van der Waals surface area contributed by atoms with Crippen LogP contribution in [0.3, 0.4) is 0 Å². The first kappa shape index (κ1) is 11.1. The zero-order chi connectivity index (χ0) is 10.9. The van der Waals surface area contributed by atoms with Crippen LogP contribution < -0.4 is 4.52 Å². The maximum absolute atomic E-state index is 5.53. The van der Waals surface area contributed by atoms with Crippen LogP contribution in [-0.2, 0) is 15.7 Å². The molecular formula is C9H13NO3PS. The van der Waals surface area contributed by atoms with Crippen LogP contribution in [0.15, 0.2) is 12.3 Å². The van der Waals surface area contributed by atoms with E-state index in [4.69, 9.17) is 13.6 Å². The fourth-order valence-electron chi connectivity index (χ4n) is 1.32. The molecule has 0 fully saturated rings. The molecule has 0 bridgehead atoms. The fraction of sp³-hybridized carbons (Fsp3) is 0.444. The van der Waals surface area contributed by atoms with Gasteiger partial charge in [0.2, 0.25) is 5.88 Å². The molecule has 6 heteroatoms. The molecule has 1 aliphatic rings. The molecule has 2 heterocycles. The first-order valence-corrected chi connectivity index (χ1v) is 7.38. The molecule has 0 aliphatic carbocycles. The number of thiol groups is 1. The summed E-state index contributed by atoms with van der Waals surface area (Å²) in [5, 5.41) is 0. The highest BCUT2D eigenvalue weighted by molar-refractivity contribution is 8.47. The van der Waals surface area contributed by atoms with Crippen LogP contribution in [0.4, 0.5) is 0 Å². The van der Waals surface area contributed by atoms with Crippen LogP contribution in [0, 0.1) is 6.92 Å². The van der Waals surface area contributed by atoms with Crippen molar-refractivity contribution in [2.75, 3.05) is 6.61 Å². The van der Waals surface area contributed by atoms with E-state index < -0.39 is 7.15 Å². The summed E-state index contributed by atoms with van der Waals surface area (Å²) in [6, 6.07) is 1.99. The van der Waals surface area contributed by atoms with Crippen molar-refractivity contribution in [3.63, 3.8) is 0 Å². The summed E-state index contributed by atoms with van der Waals surface area (Å²) in [6.45, 7) is 4.82. The third kappa shape index (κ3) is 2.42. The smallest absolute Gasteiger partial charge is 0.345 e. The van der Waals surface area contributed by atoms with Crippen LogP contribution in [0.5, 0.6) is 5.88 Å². The average molecular weight is 246 g/mol. The van der Waals surface area contributed by atoms with Gasteiger partial charge in [-0.15, -0.1) is 0 Å². The number of pyridine rings is 1. The summed E-state index contributed by atoms with van der Waals surface area (Å²) in [4.78, 5) is 4.19. The van der Waals surface area contributed by atoms with Crippen molar-refractivity contribution in [3.05, 3.63) is 23.4 Å². The lowest BCUT2D eigenvalue weighted by molar-refractivity contribution is 0.179. The van der Waals surface area contributed by atoms with Gasteiger partial charge < -0.3 is 9.05 Å². The molecule has 1 atom stereocenters. The molecule has 83 valence electrons. The van der Waals surface area contributed by atoms with Gasteiger partial charge in [0.25, 0.3) is 0 Å². The van der Waals surface area contributed by atoms with Crippen LogP contribution in [-0.4, -0.2) is 11.6 Å². The summed E-state index contributed by atoms with van der Waals surface area (Å²) >= 11 is 4.29. The summed E-state index contributed by atoms with van der Waals surface area (Å²) in [5.41, 5.74) is 2.03. The molecule has 1 aromatic heterocycles. The second-order valence-corrected chi connectivity index (χ2v) is 6.33. The molecule has 4 nitrogen and oxygen atoms in total. The molecule has 1 aliphatic heterocycles. The molecule has 0 saturated carbocycles. The maximum atomic E-state index is 5.53. The quantitative estimate of drug-likeness (QED) is 0.643. The van der Waals surface area contributed by atoms with Crippen molar-refractivity contribution in [2.24, 2.45) is 0 Å². The predicted molar refractivity (Wildman–Crippen MR) is 61.9 cm³/mol. The van der Waals surface area contributed by atoms with Gasteiger partial charge in [-0.1, -0.05) is 12.2 Å². The van der Waals surface area contributed by atoms with Crippen molar-refractivity contribution in [2.45, 2.75) is 20.5 Å². The van der Waals surface area contributed by atoms with Gasteiger partial charge in [0.1, 0.15) is 0 Å². The lowest BCUT2D eigenvalue weighted by atomic mass is 10.2. The molecule has 1 aromatic rings. The average Bonchev–Trinajstić information content (AvgIpc) is 2.19. The SMILES string of the molecule is CCO[P]1(S)OCc2cc(C)cnc2O1. The van der Waals surface area contributed by atoms with Gasteiger partial charge in [0.05, 0.1) is 13.2 Å². The van der Waals surface area contributed by atoms with Crippen LogP contribution in [0.2, 0.25) is 0 Å². The Morgan fingerprint density at radius 3 is 3.20 bits per heavy atom. The molecule has 1 radical (unpaired) electrons. The van der Waals surface area contributed by atoms with Gasteiger partial charge in [-0.25, -0.2) is 4.98 Å². The first-order valence-electron chi connectivity index (χ1n) is 4.69. The summed E-state index contributed by atoms with van der Waals surface area (Å²) in [7, 11) is -2.48. The Morgan fingerprint density at radius 2 is 2.47 bits per heavy atom. The van der Waals surface area contributed by atoms with E-state index in [1.165, 1.54) is 0 Å². The minimum atomic E-state index is -2.48. The third-order valence-corrected chi connectivity index (χ3v) is 4.32. The Bertz CT molecular complexity index is 376. The third-order valence-electron chi connectivity index (χ3n) is 1.94. The summed E-state index contributed by atoms with van der Waals surface area (Å²) < 4.78 is 16.4. The number of hydrogen-bond acceptors (Lipinski definition) is 5. The topological polar surface area (TPSA) is 40.6 Å². The van der Waals surface area contributed by atoms with Crippen LogP contribution in [0.25, 0.3) is 0 Å². The van der Waals surface area contributed by atoms with Gasteiger partial charge in [-0.3, -0.25) is 4.52 Å². The highest BCUT2D eigenvalue weighted by atomic mass is 32.7. The normalized spacial score (nSPS) is 24.5. The molecular weight excluding hydrogens is 233 g/mol. The number of nitrogens with zero attached hydrogens (tertiary/aromatic N) is 1. The van der Waals surface area contributed by atoms with Crippen molar-refractivity contribution < 1.29 is 13.6 Å². The second kappa shape index (κ2) is 4.26. The van der Waals surface area contributed by atoms with E-state index in [1.54, 1.807) is 6.20 Å². The zero-order valence-electron chi connectivity index (χ0n) is 8.64. The lowest BCUT2D eigenvalue weighted by Crippen LogP contribution is -2.12. The summed E-state index contributed by atoms with van der Waals surface area (Å²) in [5.74, 6) is 0.573. The number of fused-ring (bicyclic) bond motifs is 1. The van der Waals surface area contributed by atoms with Gasteiger partial charge in [0, 0.05) is 11.8 Å². The fourth-order valence-corrected chi connectivity index (χ4v) is 3.26. The molecule has 0 spiro atoms. The highest BCUT2D eigenvalue weighted by Gasteiger charge is 2.34. The Balaban J connectivity index is 2.23. The minimum Gasteiger partial charge on any atom is -0.409 e. The molecule has 0 aromatic carbocycles. The van der Waals surface area contributed by atoms with Crippen molar-refractivity contribution in [3.8, 4) is 5.88 Å². The Kier molecular flexibility index (Phi) is 3.16. The maximum Gasteiger partial charge on any atom is 0.345 e. The number of aromatic nitrogens is 1. The molecule has 0 amide bonds. The van der Waals surface area contributed by atoms with Crippen molar-refractivity contribution >= 4 is 19.4 Å². The van der Waals surface area contributed by atoms with Gasteiger partial charge in [-0.05, 0) is 25.5 Å². The minimum absolute atomic E-state index is 0.446. The van der Waals surface area contributed by atoms with Crippen LogP contribution >= 0.6 is 19.4 Å². The van der Waals surface area contributed by atoms with Gasteiger partial charge >= 0.3 is 7.15 Å². The lowest BCUT2D eigenvalue weighted by Gasteiger charge is -2.32. The van der Waals surface area contributed by atoms with E-state index in [2.05, 4.69) is 17.2 Å². The Morgan fingerprint density at radius 1 is 1.67 bits per heavy atom. The van der Waals surface area contributed by atoms with E-state index in [9.17, 15) is 0 Å². The predicted octanol–water partition coefficient (Wildman–Crippen LogP) is 2.94. The monoisotopic (exact) mass is 246 g/mol.